The van der Waals surface area contributed by atoms with Crippen LogP contribution in [0.4, 0.5) is 0 Å². The molecule has 0 aliphatic heterocycles. The maximum absolute atomic E-state index is 5.40. The second-order valence-corrected chi connectivity index (χ2v) is 7.32. The van der Waals surface area contributed by atoms with E-state index in [1.807, 2.05) is 6.20 Å². The van der Waals surface area contributed by atoms with Crippen molar-refractivity contribution in [3.63, 3.8) is 0 Å². The molecule has 0 aliphatic carbocycles. The van der Waals surface area contributed by atoms with Crippen molar-refractivity contribution in [2.75, 3.05) is 13.7 Å². The Balaban J connectivity index is 2.26. The number of pyridine rings is 2. The number of hydrogen-bond donors (Lipinski definition) is 0. The highest BCUT2D eigenvalue weighted by Gasteiger charge is 2.18. The van der Waals surface area contributed by atoms with Crippen LogP contribution in [-0.2, 0) is 11.2 Å². The number of aryl methyl sites for hydroxylation is 2. The van der Waals surface area contributed by atoms with Gasteiger partial charge in [0.1, 0.15) is 0 Å². The maximum Gasteiger partial charge on any atom is 0.0916 e. The monoisotopic (exact) mass is 351 g/mol. The van der Waals surface area contributed by atoms with Crippen molar-refractivity contribution < 1.29 is 4.74 Å². The molecule has 0 saturated heterocycles. The van der Waals surface area contributed by atoms with Crippen LogP contribution in [0.2, 0.25) is 0 Å². The minimum Gasteiger partial charge on any atom is -0.383 e. The van der Waals surface area contributed by atoms with E-state index in [9.17, 15) is 0 Å². The fourth-order valence-electron chi connectivity index (χ4n) is 3.58. The van der Waals surface area contributed by atoms with Crippen molar-refractivity contribution in [2.24, 2.45) is 0 Å². The molecular formula is C22H29N3O. The van der Waals surface area contributed by atoms with Crippen molar-refractivity contribution in [3.8, 4) is 11.1 Å². The Bertz CT molecular complexity index is 911. The molecular weight excluding hydrogens is 322 g/mol. The number of nitrogens with zero attached hydrogens (tertiary/aromatic N) is 3. The van der Waals surface area contributed by atoms with Crippen LogP contribution in [-0.4, -0.2) is 28.3 Å². The molecule has 26 heavy (non-hydrogen) atoms. The highest BCUT2D eigenvalue weighted by Crippen LogP contribution is 2.34. The molecule has 0 aliphatic rings. The second kappa shape index (κ2) is 7.58. The first-order chi connectivity index (χ1) is 12.5. The number of aromatic nitrogens is 3. The first-order valence-electron chi connectivity index (χ1n) is 9.43. The predicted octanol–water partition coefficient (Wildman–Crippen LogP) is 5.30. The van der Waals surface area contributed by atoms with Gasteiger partial charge < -0.3 is 9.30 Å². The van der Waals surface area contributed by atoms with Crippen molar-refractivity contribution in [1.29, 1.82) is 0 Å². The normalized spacial score (nSPS) is 12.9. The lowest BCUT2D eigenvalue weighted by molar-refractivity contribution is 0.164. The van der Waals surface area contributed by atoms with Crippen LogP contribution in [0.25, 0.3) is 22.2 Å². The Morgan fingerprint density at radius 2 is 1.88 bits per heavy atom. The Labute approximate surface area is 156 Å². The van der Waals surface area contributed by atoms with Crippen molar-refractivity contribution >= 4 is 11.0 Å². The van der Waals surface area contributed by atoms with Gasteiger partial charge in [-0.2, -0.15) is 0 Å². The lowest BCUT2D eigenvalue weighted by Crippen LogP contribution is -2.10. The number of methoxy groups -OCH3 is 1. The molecule has 0 aromatic carbocycles. The SMILES string of the molecule is CCc1nc(C(C)C)ccc1-c1ccnc2c(C)cn([C@@H](C)COC)c12. The van der Waals surface area contributed by atoms with Gasteiger partial charge in [0.15, 0.2) is 0 Å². The van der Waals surface area contributed by atoms with Gasteiger partial charge in [0.25, 0.3) is 0 Å². The summed E-state index contributed by atoms with van der Waals surface area (Å²) < 4.78 is 7.69. The van der Waals surface area contributed by atoms with E-state index in [0.29, 0.717) is 12.5 Å². The van der Waals surface area contributed by atoms with E-state index in [4.69, 9.17) is 9.72 Å². The molecule has 0 saturated carbocycles. The largest absolute Gasteiger partial charge is 0.383 e. The third-order valence-corrected chi connectivity index (χ3v) is 4.98. The van der Waals surface area contributed by atoms with Crippen LogP contribution in [0.3, 0.4) is 0 Å². The summed E-state index contributed by atoms with van der Waals surface area (Å²) in [5, 5.41) is 0. The van der Waals surface area contributed by atoms with Gasteiger partial charge >= 0.3 is 0 Å². The van der Waals surface area contributed by atoms with Crippen LogP contribution in [0.5, 0.6) is 0 Å². The molecule has 3 rings (SSSR count). The summed E-state index contributed by atoms with van der Waals surface area (Å²) in [4.78, 5) is 9.59. The van der Waals surface area contributed by atoms with E-state index >= 15 is 0 Å². The van der Waals surface area contributed by atoms with E-state index in [2.05, 4.69) is 68.6 Å². The molecule has 3 aromatic heterocycles. The summed E-state index contributed by atoms with van der Waals surface area (Å²) in [6.07, 6.45) is 5.01. The molecule has 3 aromatic rings. The van der Waals surface area contributed by atoms with E-state index in [0.717, 1.165) is 23.3 Å². The maximum atomic E-state index is 5.40. The Hall–Kier alpha value is -2.20. The lowest BCUT2D eigenvalue weighted by Gasteiger charge is -2.18. The second-order valence-electron chi connectivity index (χ2n) is 7.32. The topological polar surface area (TPSA) is 39.9 Å². The van der Waals surface area contributed by atoms with Gasteiger partial charge in [-0.3, -0.25) is 9.97 Å². The van der Waals surface area contributed by atoms with Gasteiger partial charge in [-0.05, 0) is 43.9 Å². The minimum absolute atomic E-state index is 0.243. The average Bonchev–Trinajstić information content (AvgIpc) is 2.98. The summed E-state index contributed by atoms with van der Waals surface area (Å²) in [5.41, 5.74) is 8.11. The van der Waals surface area contributed by atoms with Gasteiger partial charge in [-0.25, -0.2) is 0 Å². The quantitative estimate of drug-likeness (QED) is 0.605. The molecule has 0 fully saturated rings. The Morgan fingerprint density at radius 1 is 1.12 bits per heavy atom. The fraction of sp³-hybridized carbons (Fsp3) is 0.455. The van der Waals surface area contributed by atoms with Crippen molar-refractivity contribution in [2.45, 2.75) is 53.0 Å². The highest BCUT2D eigenvalue weighted by molar-refractivity contribution is 5.94. The number of fused-ring (bicyclic) bond motifs is 1. The van der Waals surface area contributed by atoms with Crippen LogP contribution < -0.4 is 0 Å². The summed E-state index contributed by atoms with van der Waals surface area (Å²) >= 11 is 0. The minimum atomic E-state index is 0.243. The first-order valence-corrected chi connectivity index (χ1v) is 9.43. The van der Waals surface area contributed by atoms with E-state index in [1.165, 1.54) is 22.2 Å². The molecule has 0 amide bonds. The molecule has 1 atom stereocenters. The van der Waals surface area contributed by atoms with Gasteiger partial charge in [0.2, 0.25) is 0 Å². The predicted molar refractivity (Wildman–Crippen MR) is 108 cm³/mol. The lowest BCUT2D eigenvalue weighted by atomic mass is 9.99. The fourth-order valence-corrected chi connectivity index (χ4v) is 3.58. The molecule has 0 N–H and O–H groups in total. The van der Waals surface area contributed by atoms with Crippen LogP contribution in [0, 0.1) is 6.92 Å². The van der Waals surface area contributed by atoms with Gasteiger partial charge in [-0.1, -0.05) is 26.8 Å². The zero-order chi connectivity index (χ0) is 18.8. The molecule has 0 unspecified atom stereocenters. The smallest absolute Gasteiger partial charge is 0.0916 e. The number of rotatable bonds is 6. The Kier molecular flexibility index (Phi) is 5.42. The zero-order valence-corrected chi connectivity index (χ0v) is 16.7. The molecule has 138 valence electrons. The van der Waals surface area contributed by atoms with Crippen LogP contribution >= 0.6 is 0 Å². The number of ether oxygens (including phenoxy) is 1. The standard InChI is InChI=1S/C22H29N3O/c1-7-19-17(8-9-20(24-19)14(2)3)18-10-11-23-21-15(4)12-25(22(18)21)16(5)13-26-6/h8-12,14,16H,7,13H2,1-6H3/t16-/m0/s1. The average molecular weight is 351 g/mol. The molecule has 4 heteroatoms. The summed E-state index contributed by atoms with van der Waals surface area (Å²) in [7, 11) is 1.75. The van der Waals surface area contributed by atoms with E-state index in [1.54, 1.807) is 7.11 Å². The van der Waals surface area contributed by atoms with Gasteiger partial charge in [0, 0.05) is 42.0 Å². The third kappa shape index (κ3) is 3.26. The van der Waals surface area contributed by atoms with Gasteiger partial charge in [-0.15, -0.1) is 0 Å². The summed E-state index contributed by atoms with van der Waals surface area (Å²) in [6, 6.07) is 6.74. The van der Waals surface area contributed by atoms with Crippen LogP contribution in [0.1, 0.15) is 56.6 Å². The van der Waals surface area contributed by atoms with E-state index < -0.39 is 0 Å². The van der Waals surface area contributed by atoms with Crippen molar-refractivity contribution in [1.82, 2.24) is 14.5 Å². The summed E-state index contributed by atoms with van der Waals surface area (Å²) in [5.74, 6) is 0.430. The zero-order valence-electron chi connectivity index (χ0n) is 16.7. The molecule has 0 bridgehead atoms. The third-order valence-electron chi connectivity index (χ3n) is 4.98. The van der Waals surface area contributed by atoms with Crippen molar-refractivity contribution in [3.05, 3.63) is 47.5 Å². The summed E-state index contributed by atoms with van der Waals surface area (Å²) in [6.45, 7) is 11.5. The highest BCUT2D eigenvalue weighted by atomic mass is 16.5. The molecule has 4 nitrogen and oxygen atoms in total. The van der Waals surface area contributed by atoms with E-state index in [-0.39, 0.29) is 6.04 Å². The Morgan fingerprint density at radius 3 is 2.54 bits per heavy atom. The molecule has 0 radical (unpaired) electrons. The molecule has 0 spiro atoms. The molecule has 3 heterocycles. The van der Waals surface area contributed by atoms with Crippen LogP contribution in [0.15, 0.2) is 30.6 Å². The van der Waals surface area contributed by atoms with Gasteiger partial charge in [0.05, 0.1) is 23.7 Å². The first kappa shape index (κ1) is 18.6. The number of hydrogen-bond acceptors (Lipinski definition) is 3.